The largest absolute Gasteiger partial charge is 0.490 e. The molecule has 1 atom stereocenters. The van der Waals surface area contributed by atoms with Crippen LogP contribution < -0.4 is 4.74 Å². The molecule has 1 spiro atoms. The van der Waals surface area contributed by atoms with E-state index in [0.717, 1.165) is 31.6 Å². The molecule has 0 bridgehead atoms. The van der Waals surface area contributed by atoms with Gasteiger partial charge in [0.05, 0.1) is 12.2 Å². The normalized spacial score (nSPS) is 25.6. The summed E-state index contributed by atoms with van der Waals surface area (Å²) in [5, 5.41) is 0. The summed E-state index contributed by atoms with van der Waals surface area (Å²) in [6.07, 6.45) is 9.92. The molecule has 0 amide bonds. The minimum absolute atomic E-state index is 0.127. The fourth-order valence-electron chi connectivity index (χ4n) is 3.72. The summed E-state index contributed by atoms with van der Waals surface area (Å²) in [6.45, 7) is 3.05. The second-order valence-corrected chi connectivity index (χ2v) is 6.29. The van der Waals surface area contributed by atoms with Gasteiger partial charge in [0.15, 0.2) is 0 Å². The second kappa shape index (κ2) is 6.17. The number of rotatable bonds is 3. The van der Waals surface area contributed by atoms with Crippen LogP contribution >= 0.6 is 0 Å². The molecule has 1 unspecified atom stereocenters. The molecule has 1 aliphatic heterocycles. The molecule has 20 heavy (non-hydrogen) atoms. The van der Waals surface area contributed by atoms with Crippen LogP contribution in [0, 0.1) is 0 Å². The Labute approximate surface area is 122 Å². The molecule has 2 aliphatic rings. The predicted molar refractivity (Wildman–Crippen MR) is 81.2 cm³/mol. The fraction of sp³-hybridized carbons (Fsp3) is 0.667. The Hall–Kier alpha value is -1.02. The highest BCUT2D eigenvalue weighted by Crippen LogP contribution is 2.39. The summed E-state index contributed by atoms with van der Waals surface area (Å²) in [5.41, 5.74) is 1.44. The average molecular weight is 274 g/mol. The lowest BCUT2D eigenvalue weighted by molar-refractivity contribution is -0.129. The molecule has 2 nitrogen and oxygen atoms in total. The summed E-state index contributed by atoms with van der Waals surface area (Å²) in [6, 6.07) is 8.45. The van der Waals surface area contributed by atoms with E-state index in [1.54, 1.807) is 0 Å². The van der Waals surface area contributed by atoms with Crippen LogP contribution in [0.4, 0.5) is 0 Å². The SMILES string of the molecule is CCc1ccccc1OC1CCOC2(CCCCC2)C1. The van der Waals surface area contributed by atoms with E-state index in [9.17, 15) is 0 Å². The highest BCUT2D eigenvalue weighted by molar-refractivity contribution is 5.33. The maximum absolute atomic E-state index is 6.32. The zero-order chi connectivity index (χ0) is 13.8. The standard InChI is InChI=1S/C18H26O2/c1-2-15-8-4-5-9-17(15)20-16-10-13-19-18(14-16)11-6-3-7-12-18/h4-5,8-9,16H,2-3,6-7,10-14H2,1H3. The molecule has 1 saturated carbocycles. The molecule has 2 fully saturated rings. The average Bonchev–Trinajstić information content (AvgIpc) is 2.49. The van der Waals surface area contributed by atoms with E-state index in [1.165, 1.54) is 37.7 Å². The van der Waals surface area contributed by atoms with Crippen molar-refractivity contribution in [3.63, 3.8) is 0 Å². The Bertz CT molecular complexity index is 429. The summed E-state index contributed by atoms with van der Waals surface area (Å²) in [5.74, 6) is 1.08. The summed E-state index contributed by atoms with van der Waals surface area (Å²) in [4.78, 5) is 0. The third kappa shape index (κ3) is 3.01. The summed E-state index contributed by atoms with van der Waals surface area (Å²) < 4.78 is 12.5. The predicted octanol–water partition coefficient (Wildman–Crippen LogP) is 4.51. The fourth-order valence-corrected chi connectivity index (χ4v) is 3.72. The Kier molecular flexibility index (Phi) is 4.30. The molecule has 110 valence electrons. The third-order valence-electron chi connectivity index (χ3n) is 4.86. The molecule has 1 heterocycles. The second-order valence-electron chi connectivity index (χ2n) is 6.29. The first kappa shape index (κ1) is 13.9. The maximum atomic E-state index is 6.32. The van der Waals surface area contributed by atoms with Crippen LogP contribution in [0.2, 0.25) is 0 Å². The van der Waals surface area contributed by atoms with Gasteiger partial charge in [0.2, 0.25) is 0 Å². The molecule has 0 radical (unpaired) electrons. The first-order valence-corrected chi connectivity index (χ1v) is 8.20. The van der Waals surface area contributed by atoms with Gasteiger partial charge in [-0.1, -0.05) is 44.4 Å². The van der Waals surface area contributed by atoms with Gasteiger partial charge in [-0.2, -0.15) is 0 Å². The molecule has 1 aromatic rings. The number of hydrogen-bond acceptors (Lipinski definition) is 2. The van der Waals surface area contributed by atoms with Crippen LogP contribution in [0.5, 0.6) is 5.75 Å². The highest BCUT2D eigenvalue weighted by Gasteiger charge is 2.39. The van der Waals surface area contributed by atoms with E-state index in [2.05, 4.69) is 31.2 Å². The van der Waals surface area contributed by atoms with Crippen molar-refractivity contribution in [2.24, 2.45) is 0 Å². The lowest BCUT2D eigenvalue weighted by Gasteiger charge is -2.43. The van der Waals surface area contributed by atoms with E-state index in [4.69, 9.17) is 9.47 Å². The topological polar surface area (TPSA) is 18.5 Å². The van der Waals surface area contributed by atoms with Gasteiger partial charge in [0.1, 0.15) is 11.9 Å². The van der Waals surface area contributed by atoms with Crippen molar-refractivity contribution >= 4 is 0 Å². The Morgan fingerprint density at radius 2 is 2.00 bits per heavy atom. The van der Waals surface area contributed by atoms with Gasteiger partial charge in [0.25, 0.3) is 0 Å². The molecule has 1 aliphatic carbocycles. The van der Waals surface area contributed by atoms with Crippen LogP contribution in [0.3, 0.4) is 0 Å². The van der Waals surface area contributed by atoms with Crippen LogP contribution in [-0.4, -0.2) is 18.3 Å². The molecule has 0 N–H and O–H groups in total. The van der Waals surface area contributed by atoms with Gasteiger partial charge in [0, 0.05) is 12.8 Å². The zero-order valence-electron chi connectivity index (χ0n) is 12.6. The van der Waals surface area contributed by atoms with Crippen LogP contribution in [0.1, 0.15) is 57.4 Å². The molecule has 0 aromatic heterocycles. The molecular weight excluding hydrogens is 248 g/mol. The number of aryl methyl sites for hydroxylation is 1. The zero-order valence-corrected chi connectivity index (χ0v) is 12.6. The summed E-state index contributed by atoms with van der Waals surface area (Å²) in [7, 11) is 0. The number of hydrogen-bond donors (Lipinski definition) is 0. The van der Waals surface area contributed by atoms with Gasteiger partial charge in [-0.05, 0) is 30.9 Å². The van der Waals surface area contributed by atoms with Gasteiger partial charge in [-0.15, -0.1) is 0 Å². The van der Waals surface area contributed by atoms with Crippen LogP contribution in [-0.2, 0) is 11.2 Å². The monoisotopic (exact) mass is 274 g/mol. The van der Waals surface area contributed by atoms with E-state index in [-0.39, 0.29) is 5.60 Å². The third-order valence-corrected chi connectivity index (χ3v) is 4.86. The maximum Gasteiger partial charge on any atom is 0.122 e. The molecule has 2 heteroatoms. The summed E-state index contributed by atoms with van der Waals surface area (Å²) >= 11 is 0. The molecule has 1 saturated heterocycles. The van der Waals surface area contributed by atoms with Crippen molar-refractivity contribution < 1.29 is 9.47 Å². The lowest BCUT2D eigenvalue weighted by atomic mass is 9.79. The van der Waals surface area contributed by atoms with Gasteiger partial charge >= 0.3 is 0 Å². The van der Waals surface area contributed by atoms with Gasteiger partial charge in [-0.3, -0.25) is 0 Å². The molecular formula is C18H26O2. The van der Waals surface area contributed by atoms with E-state index in [0.29, 0.717) is 6.10 Å². The van der Waals surface area contributed by atoms with E-state index >= 15 is 0 Å². The van der Waals surface area contributed by atoms with Gasteiger partial charge in [-0.25, -0.2) is 0 Å². The van der Waals surface area contributed by atoms with Crippen molar-refractivity contribution in [3.05, 3.63) is 29.8 Å². The Morgan fingerprint density at radius 3 is 2.80 bits per heavy atom. The van der Waals surface area contributed by atoms with Crippen LogP contribution in [0.25, 0.3) is 0 Å². The number of ether oxygens (including phenoxy) is 2. The van der Waals surface area contributed by atoms with E-state index in [1.807, 2.05) is 0 Å². The molecule has 3 rings (SSSR count). The van der Waals surface area contributed by atoms with Gasteiger partial charge < -0.3 is 9.47 Å². The van der Waals surface area contributed by atoms with Crippen molar-refractivity contribution in [2.45, 2.75) is 70.0 Å². The smallest absolute Gasteiger partial charge is 0.122 e. The van der Waals surface area contributed by atoms with Crippen molar-refractivity contribution in [3.8, 4) is 5.75 Å². The van der Waals surface area contributed by atoms with Crippen molar-refractivity contribution in [2.75, 3.05) is 6.61 Å². The minimum atomic E-state index is 0.127. The van der Waals surface area contributed by atoms with Crippen molar-refractivity contribution in [1.82, 2.24) is 0 Å². The van der Waals surface area contributed by atoms with Crippen LogP contribution in [0.15, 0.2) is 24.3 Å². The Balaban J connectivity index is 1.68. The van der Waals surface area contributed by atoms with E-state index < -0.39 is 0 Å². The number of benzene rings is 1. The number of para-hydroxylation sites is 1. The first-order chi connectivity index (χ1) is 9.81. The first-order valence-electron chi connectivity index (χ1n) is 8.20. The quantitative estimate of drug-likeness (QED) is 0.807. The molecule has 1 aromatic carbocycles. The highest BCUT2D eigenvalue weighted by atomic mass is 16.5. The van der Waals surface area contributed by atoms with Crippen molar-refractivity contribution in [1.29, 1.82) is 0 Å². The lowest BCUT2D eigenvalue weighted by Crippen LogP contribution is -2.45. The minimum Gasteiger partial charge on any atom is -0.490 e. The Morgan fingerprint density at radius 1 is 1.20 bits per heavy atom.